The van der Waals surface area contributed by atoms with Gasteiger partial charge < -0.3 is 10.2 Å². The summed E-state index contributed by atoms with van der Waals surface area (Å²) in [6, 6.07) is 10.0. The topological polar surface area (TPSA) is 15.3 Å². The summed E-state index contributed by atoms with van der Waals surface area (Å²) in [5.74, 6) is 0.693. The van der Waals surface area contributed by atoms with Crippen molar-refractivity contribution in [2.24, 2.45) is 5.92 Å². The smallest absolute Gasteiger partial charge is 0.0398 e. The molecule has 1 aromatic carbocycles. The lowest BCUT2D eigenvalue weighted by Gasteiger charge is -2.44. The maximum atomic E-state index is 3.62. The van der Waals surface area contributed by atoms with E-state index in [2.05, 4.69) is 62.2 Å². The van der Waals surface area contributed by atoms with E-state index in [-0.39, 0.29) is 0 Å². The predicted molar refractivity (Wildman–Crippen MR) is 79.2 cm³/mol. The van der Waals surface area contributed by atoms with Crippen LogP contribution in [0.3, 0.4) is 0 Å². The van der Waals surface area contributed by atoms with Crippen molar-refractivity contribution in [1.29, 1.82) is 0 Å². The molecule has 1 aliphatic heterocycles. The average Bonchev–Trinajstić information content (AvgIpc) is 2.37. The molecule has 0 aromatic heterocycles. The van der Waals surface area contributed by atoms with Crippen LogP contribution in [0.4, 0.5) is 5.69 Å². The van der Waals surface area contributed by atoms with Crippen molar-refractivity contribution in [3.05, 3.63) is 29.8 Å². The summed E-state index contributed by atoms with van der Waals surface area (Å²) < 4.78 is 0. The summed E-state index contributed by atoms with van der Waals surface area (Å²) in [7, 11) is 0. The zero-order chi connectivity index (χ0) is 13.1. The van der Waals surface area contributed by atoms with E-state index < -0.39 is 0 Å². The monoisotopic (exact) mass is 246 g/mol. The normalized spacial score (nSPS) is 28.4. The fraction of sp³-hybridized carbons (Fsp3) is 0.625. The summed E-state index contributed by atoms with van der Waals surface area (Å²) in [6.45, 7) is 11.4. The van der Waals surface area contributed by atoms with E-state index in [0.29, 0.717) is 18.0 Å². The number of piperidine rings is 1. The molecule has 0 amide bonds. The van der Waals surface area contributed by atoms with Crippen LogP contribution < -0.4 is 10.2 Å². The molecule has 0 saturated carbocycles. The lowest BCUT2D eigenvalue weighted by Crippen LogP contribution is -2.53. The van der Waals surface area contributed by atoms with Gasteiger partial charge in [-0.15, -0.1) is 0 Å². The van der Waals surface area contributed by atoms with Gasteiger partial charge in [0.2, 0.25) is 0 Å². The van der Waals surface area contributed by atoms with Gasteiger partial charge in [0.1, 0.15) is 0 Å². The standard InChI is InChI=1S/C16H26N2/c1-5-17-15-10-11-18(14(4)13(15)3)16-9-7-6-8-12(16)2/h6-9,13-15,17H,5,10-11H2,1-4H3. The summed E-state index contributed by atoms with van der Waals surface area (Å²) in [5.41, 5.74) is 2.80. The lowest BCUT2D eigenvalue weighted by molar-refractivity contribution is 0.274. The number of anilines is 1. The fourth-order valence-electron chi connectivity index (χ4n) is 3.14. The third-order valence-electron chi connectivity index (χ3n) is 4.46. The Balaban J connectivity index is 2.15. The van der Waals surface area contributed by atoms with Gasteiger partial charge in [0.25, 0.3) is 0 Å². The molecule has 100 valence electrons. The van der Waals surface area contributed by atoms with E-state index >= 15 is 0 Å². The van der Waals surface area contributed by atoms with Crippen molar-refractivity contribution in [2.75, 3.05) is 18.0 Å². The van der Waals surface area contributed by atoms with E-state index in [1.54, 1.807) is 0 Å². The predicted octanol–water partition coefficient (Wildman–Crippen LogP) is 3.21. The lowest BCUT2D eigenvalue weighted by atomic mass is 9.86. The van der Waals surface area contributed by atoms with E-state index in [9.17, 15) is 0 Å². The minimum absolute atomic E-state index is 0.601. The van der Waals surface area contributed by atoms with Crippen LogP contribution in [-0.4, -0.2) is 25.2 Å². The Morgan fingerprint density at radius 2 is 2.00 bits per heavy atom. The molecule has 3 atom stereocenters. The molecular weight excluding hydrogens is 220 g/mol. The second-order valence-corrected chi connectivity index (χ2v) is 5.53. The van der Waals surface area contributed by atoms with Gasteiger partial charge in [-0.1, -0.05) is 32.0 Å². The molecule has 0 radical (unpaired) electrons. The highest BCUT2D eigenvalue weighted by molar-refractivity contribution is 5.54. The Morgan fingerprint density at radius 3 is 2.67 bits per heavy atom. The molecule has 0 spiro atoms. The highest BCUT2D eigenvalue weighted by atomic mass is 15.2. The first kappa shape index (κ1) is 13.4. The number of nitrogens with one attached hydrogen (secondary N) is 1. The maximum absolute atomic E-state index is 3.62. The molecule has 0 bridgehead atoms. The second kappa shape index (κ2) is 5.75. The molecule has 18 heavy (non-hydrogen) atoms. The summed E-state index contributed by atoms with van der Waals surface area (Å²) in [5, 5.41) is 3.62. The minimum atomic E-state index is 0.601. The van der Waals surface area contributed by atoms with E-state index in [1.165, 1.54) is 17.7 Å². The molecule has 1 aromatic rings. The van der Waals surface area contributed by atoms with E-state index in [1.807, 2.05) is 0 Å². The third kappa shape index (κ3) is 2.54. The number of benzene rings is 1. The Kier molecular flexibility index (Phi) is 4.28. The molecule has 1 fully saturated rings. The number of para-hydroxylation sites is 1. The van der Waals surface area contributed by atoms with Crippen LogP contribution in [0, 0.1) is 12.8 Å². The summed E-state index contributed by atoms with van der Waals surface area (Å²) >= 11 is 0. The van der Waals surface area contributed by atoms with Crippen molar-refractivity contribution in [3.8, 4) is 0 Å². The molecular formula is C16H26N2. The van der Waals surface area contributed by atoms with Gasteiger partial charge in [0.15, 0.2) is 0 Å². The molecule has 1 heterocycles. The minimum Gasteiger partial charge on any atom is -0.368 e. The quantitative estimate of drug-likeness (QED) is 0.881. The molecule has 2 nitrogen and oxygen atoms in total. The first-order valence-electron chi connectivity index (χ1n) is 7.20. The number of aryl methyl sites for hydroxylation is 1. The van der Waals surface area contributed by atoms with Gasteiger partial charge in [-0.2, -0.15) is 0 Å². The number of rotatable bonds is 3. The van der Waals surface area contributed by atoms with Crippen LogP contribution in [0.1, 0.15) is 32.8 Å². The number of hydrogen-bond donors (Lipinski definition) is 1. The summed E-state index contributed by atoms with van der Waals surface area (Å²) in [6.07, 6.45) is 1.24. The highest BCUT2D eigenvalue weighted by Gasteiger charge is 2.32. The number of nitrogens with zero attached hydrogens (tertiary/aromatic N) is 1. The number of hydrogen-bond acceptors (Lipinski definition) is 2. The molecule has 2 heteroatoms. The molecule has 1 N–H and O–H groups in total. The Hall–Kier alpha value is -1.02. The Morgan fingerprint density at radius 1 is 1.28 bits per heavy atom. The molecule has 0 aliphatic carbocycles. The molecule has 3 unspecified atom stereocenters. The van der Waals surface area contributed by atoms with Crippen LogP contribution in [0.25, 0.3) is 0 Å². The van der Waals surface area contributed by atoms with Crippen LogP contribution in [0.15, 0.2) is 24.3 Å². The van der Waals surface area contributed by atoms with Crippen molar-refractivity contribution in [3.63, 3.8) is 0 Å². The highest BCUT2D eigenvalue weighted by Crippen LogP contribution is 2.30. The van der Waals surface area contributed by atoms with Crippen LogP contribution in [0.2, 0.25) is 0 Å². The van der Waals surface area contributed by atoms with Gasteiger partial charge >= 0.3 is 0 Å². The van der Waals surface area contributed by atoms with Gasteiger partial charge in [0.05, 0.1) is 0 Å². The molecule has 1 aliphatic rings. The van der Waals surface area contributed by atoms with Gasteiger partial charge in [-0.05, 0) is 44.4 Å². The Bertz CT molecular complexity index is 388. The SMILES string of the molecule is CCNC1CCN(c2ccccc2C)C(C)C1C. The average molecular weight is 246 g/mol. The Labute approximate surface area is 111 Å². The molecule has 2 rings (SSSR count). The fourth-order valence-corrected chi connectivity index (χ4v) is 3.14. The largest absolute Gasteiger partial charge is 0.368 e. The van der Waals surface area contributed by atoms with Crippen molar-refractivity contribution in [1.82, 2.24) is 5.32 Å². The van der Waals surface area contributed by atoms with E-state index in [4.69, 9.17) is 0 Å². The third-order valence-corrected chi connectivity index (χ3v) is 4.46. The zero-order valence-corrected chi connectivity index (χ0v) is 12.1. The van der Waals surface area contributed by atoms with Crippen LogP contribution >= 0.6 is 0 Å². The van der Waals surface area contributed by atoms with Crippen molar-refractivity contribution in [2.45, 2.75) is 46.2 Å². The maximum Gasteiger partial charge on any atom is 0.0398 e. The first-order valence-corrected chi connectivity index (χ1v) is 7.20. The van der Waals surface area contributed by atoms with Crippen molar-refractivity contribution >= 4 is 5.69 Å². The second-order valence-electron chi connectivity index (χ2n) is 5.53. The van der Waals surface area contributed by atoms with Crippen LogP contribution in [0.5, 0.6) is 0 Å². The zero-order valence-electron chi connectivity index (χ0n) is 12.1. The van der Waals surface area contributed by atoms with Gasteiger partial charge in [-0.3, -0.25) is 0 Å². The van der Waals surface area contributed by atoms with Crippen molar-refractivity contribution < 1.29 is 0 Å². The molecule has 1 saturated heterocycles. The first-order chi connectivity index (χ1) is 8.65. The van der Waals surface area contributed by atoms with Gasteiger partial charge in [0, 0.05) is 24.3 Å². The van der Waals surface area contributed by atoms with Crippen LogP contribution in [-0.2, 0) is 0 Å². The van der Waals surface area contributed by atoms with Gasteiger partial charge in [-0.25, -0.2) is 0 Å². The van der Waals surface area contributed by atoms with E-state index in [0.717, 1.165) is 13.1 Å². The summed E-state index contributed by atoms with van der Waals surface area (Å²) in [4.78, 5) is 2.58.